The molecule has 0 radical (unpaired) electrons. The van der Waals surface area contributed by atoms with Crippen molar-refractivity contribution in [2.45, 2.75) is 20.0 Å². The average molecular weight is 352 g/mol. The lowest BCUT2D eigenvalue weighted by Crippen LogP contribution is -2.37. The average Bonchev–Trinajstić information content (AvgIpc) is 3.14. The molecule has 3 aromatic rings. The molecule has 0 aliphatic rings. The van der Waals surface area contributed by atoms with Crippen LogP contribution < -0.4 is 10.6 Å². The first-order valence-electron chi connectivity index (χ1n) is 8.31. The summed E-state index contributed by atoms with van der Waals surface area (Å²) in [7, 11) is 1.69. The predicted octanol–water partition coefficient (Wildman–Crippen LogP) is 2.58. The smallest absolute Gasteiger partial charge is 0.191 e. The maximum atomic E-state index is 13.6. The lowest BCUT2D eigenvalue weighted by molar-refractivity contribution is 0.615. The van der Waals surface area contributed by atoms with Gasteiger partial charge >= 0.3 is 0 Å². The number of nitrogens with zero attached hydrogens (tertiary/aromatic N) is 4. The van der Waals surface area contributed by atoms with Gasteiger partial charge in [0.15, 0.2) is 11.8 Å². The Labute approximate surface area is 151 Å². The number of rotatable bonds is 5. The highest BCUT2D eigenvalue weighted by molar-refractivity contribution is 5.79. The van der Waals surface area contributed by atoms with Gasteiger partial charge in [-0.3, -0.25) is 9.56 Å². The van der Waals surface area contributed by atoms with Gasteiger partial charge in [-0.05, 0) is 36.2 Å². The number of aryl methyl sites for hydroxylation is 1. The molecule has 0 atom stereocenters. The van der Waals surface area contributed by atoms with Crippen LogP contribution in [-0.2, 0) is 13.1 Å². The van der Waals surface area contributed by atoms with Gasteiger partial charge in [0.2, 0.25) is 0 Å². The van der Waals surface area contributed by atoms with E-state index in [0.717, 1.165) is 17.1 Å². The quantitative estimate of drug-likeness (QED) is 0.547. The Bertz CT molecular complexity index is 888. The number of guanidine groups is 1. The van der Waals surface area contributed by atoms with Gasteiger partial charge in [-0.1, -0.05) is 30.3 Å². The van der Waals surface area contributed by atoms with Gasteiger partial charge in [0.05, 0.1) is 6.54 Å². The summed E-state index contributed by atoms with van der Waals surface area (Å²) in [5.74, 6) is 1.16. The third-order valence-electron chi connectivity index (χ3n) is 3.99. The van der Waals surface area contributed by atoms with Crippen LogP contribution in [-0.4, -0.2) is 27.8 Å². The van der Waals surface area contributed by atoms with Crippen molar-refractivity contribution in [3.63, 3.8) is 0 Å². The third-order valence-corrected chi connectivity index (χ3v) is 3.99. The molecule has 26 heavy (non-hydrogen) atoms. The van der Waals surface area contributed by atoms with Gasteiger partial charge in [0.1, 0.15) is 12.1 Å². The van der Waals surface area contributed by atoms with E-state index in [0.29, 0.717) is 24.6 Å². The number of aromatic nitrogens is 3. The zero-order valence-corrected chi connectivity index (χ0v) is 14.8. The molecule has 0 amide bonds. The first-order chi connectivity index (χ1) is 12.7. The van der Waals surface area contributed by atoms with E-state index < -0.39 is 0 Å². The van der Waals surface area contributed by atoms with Gasteiger partial charge in [0.25, 0.3) is 0 Å². The van der Waals surface area contributed by atoms with E-state index in [2.05, 4.69) is 25.8 Å². The van der Waals surface area contributed by atoms with Crippen molar-refractivity contribution in [2.75, 3.05) is 7.05 Å². The molecule has 0 fully saturated rings. The van der Waals surface area contributed by atoms with Crippen molar-refractivity contribution < 1.29 is 4.39 Å². The van der Waals surface area contributed by atoms with Crippen LogP contribution in [0.1, 0.15) is 17.0 Å². The van der Waals surface area contributed by atoms with E-state index in [1.54, 1.807) is 26.4 Å². The Balaban J connectivity index is 1.60. The molecular weight excluding hydrogens is 331 g/mol. The van der Waals surface area contributed by atoms with Crippen LogP contribution in [0.25, 0.3) is 5.69 Å². The molecule has 0 saturated heterocycles. The molecule has 2 aromatic carbocycles. The van der Waals surface area contributed by atoms with Crippen LogP contribution in [0.15, 0.2) is 59.9 Å². The highest BCUT2D eigenvalue weighted by atomic mass is 19.1. The summed E-state index contributed by atoms with van der Waals surface area (Å²) >= 11 is 0. The standard InChI is InChI=1S/C19H21FN6/c1-14-8-9-15(10-17(14)20)11-22-19(21-2)23-12-18-25-24-13-26(18)16-6-4-3-5-7-16/h3-10,13H,11-12H2,1-2H3,(H2,21,22,23). The number of aliphatic imine (C=N–C) groups is 1. The summed E-state index contributed by atoms with van der Waals surface area (Å²) in [4.78, 5) is 4.19. The molecule has 0 aliphatic carbocycles. The van der Waals surface area contributed by atoms with Crippen LogP contribution in [0.4, 0.5) is 4.39 Å². The minimum atomic E-state index is -0.205. The number of hydrogen-bond acceptors (Lipinski definition) is 3. The summed E-state index contributed by atoms with van der Waals surface area (Å²) in [5, 5.41) is 14.5. The van der Waals surface area contributed by atoms with Crippen molar-refractivity contribution in [3.05, 3.63) is 77.6 Å². The van der Waals surface area contributed by atoms with E-state index in [-0.39, 0.29) is 5.82 Å². The summed E-state index contributed by atoms with van der Waals surface area (Å²) < 4.78 is 15.5. The van der Waals surface area contributed by atoms with E-state index >= 15 is 0 Å². The number of benzene rings is 2. The van der Waals surface area contributed by atoms with Crippen LogP contribution in [0.3, 0.4) is 0 Å². The second-order valence-electron chi connectivity index (χ2n) is 5.82. The number of hydrogen-bond donors (Lipinski definition) is 2. The zero-order chi connectivity index (χ0) is 18.4. The fourth-order valence-corrected chi connectivity index (χ4v) is 2.50. The highest BCUT2D eigenvalue weighted by Crippen LogP contribution is 2.10. The second-order valence-corrected chi connectivity index (χ2v) is 5.82. The fourth-order valence-electron chi connectivity index (χ4n) is 2.50. The maximum Gasteiger partial charge on any atom is 0.191 e. The first kappa shape index (κ1) is 17.6. The molecule has 6 nitrogen and oxygen atoms in total. The van der Waals surface area contributed by atoms with Crippen molar-refractivity contribution in [3.8, 4) is 5.69 Å². The molecule has 0 unspecified atom stereocenters. The minimum absolute atomic E-state index is 0.205. The van der Waals surface area contributed by atoms with E-state index in [1.807, 2.05) is 41.0 Å². The molecule has 134 valence electrons. The molecule has 0 saturated carbocycles. The maximum absolute atomic E-state index is 13.6. The van der Waals surface area contributed by atoms with E-state index in [1.165, 1.54) is 6.07 Å². The van der Waals surface area contributed by atoms with E-state index in [4.69, 9.17) is 0 Å². The van der Waals surface area contributed by atoms with Gasteiger partial charge in [-0.15, -0.1) is 10.2 Å². The van der Waals surface area contributed by atoms with E-state index in [9.17, 15) is 4.39 Å². The largest absolute Gasteiger partial charge is 0.352 e. The van der Waals surface area contributed by atoms with Gasteiger partial charge in [-0.2, -0.15) is 0 Å². The lowest BCUT2D eigenvalue weighted by Gasteiger charge is -2.13. The number of para-hydroxylation sites is 1. The molecule has 1 heterocycles. The normalized spacial score (nSPS) is 11.4. The van der Waals surface area contributed by atoms with Crippen LogP contribution in [0.5, 0.6) is 0 Å². The molecule has 0 bridgehead atoms. The highest BCUT2D eigenvalue weighted by Gasteiger charge is 2.07. The molecule has 0 aliphatic heterocycles. The molecule has 3 rings (SSSR count). The monoisotopic (exact) mass is 352 g/mol. The second kappa shape index (κ2) is 8.24. The van der Waals surface area contributed by atoms with Crippen molar-refractivity contribution in [2.24, 2.45) is 4.99 Å². The van der Waals surface area contributed by atoms with Gasteiger partial charge < -0.3 is 10.6 Å². The zero-order valence-electron chi connectivity index (χ0n) is 14.8. The topological polar surface area (TPSA) is 67.1 Å². The van der Waals surface area contributed by atoms with Crippen molar-refractivity contribution in [1.82, 2.24) is 25.4 Å². The van der Waals surface area contributed by atoms with Crippen LogP contribution >= 0.6 is 0 Å². The van der Waals surface area contributed by atoms with Crippen LogP contribution in [0, 0.1) is 12.7 Å². The van der Waals surface area contributed by atoms with Crippen molar-refractivity contribution >= 4 is 5.96 Å². The molecule has 2 N–H and O–H groups in total. The Morgan fingerprint density at radius 3 is 2.62 bits per heavy atom. The summed E-state index contributed by atoms with van der Waals surface area (Å²) in [5.41, 5.74) is 2.48. The fraction of sp³-hybridized carbons (Fsp3) is 0.211. The molecule has 0 spiro atoms. The molecule has 1 aromatic heterocycles. The number of nitrogens with one attached hydrogen (secondary N) is 2. The SMILES string of the molecule is CN=C(NCc1ccc(C)c(F)c1)NCc1nncn1-c1ccccc1. The molecule has 7 heteroatoms. The van der Waals surface area contributed by atoms with Gasteiger partial charge in [0, 0.05) is 19.3 Å². The summed E-state index contributed by atoms with van der Waals surface area (Å²) in [6, 6.07) is 15.1. The lowest BCUT2D eigenvalue weighted by atomic mass is 10.1. The molecular formula is C19H21FN6. The Morgan fingerprint density at radius 2 is 1.88 bits per heavy atom. The Kier molecular flexibility index (Phi) is 5.58. The minimum Gasteiger partial charge on any atom is -0.352 e. The first-order valence-corrected chi connectivity index (χ1v) is 8.31. The summed E-state index contributed by atoms with van der Waals surface area (Å²) in [6.07, 6.45) is 1.68. The number of halogens is 1. The predicted molar refractivity (Wildman–Crippen MR) is 99.5 cm³/mol. The Hall–Kier alpha value is -3.22. The van der Waals surface area contributed by atoms with Crippen LogP contribution in [0.2, 0.25) is 0 Å². The summed E-state index contributed by atoms with van der Waals surface area (Å²) in [6.45, 7) is 2.68. The van der Waals surface area contributed by atoms with Crippen molar-refractivity contribution in [1.29, 1.82) is 0 Å². The Morgan fingerprint density at radius 1 is 1.12 bits per heavy atom. The van der Waals surface area contributed by atoms with Gasteiger partial charge in [-0.25, -0.2) is 4.39 Å². The third kappa shape index (κ3) is 4.24.